The number of benzene rings is 1. The maximum Gasteiger partial charge on any atom is 0.221 e. The summed E-state index contributed by atoms with van der Waals surface area (Å²) in [6.07, 6.45) is 1.68. The lowest BCUT2D eigenvalue weighted by atomic mass is 10.1. The zero-order valence-electron chi connectivity index (χ0n) is 11.4. The van der Waals surface area contributed by atoms with Crippen LogP contribution in [-0.2, 0) is 11.3 Å². The summed E-state index contributed by atoms with van der Waals surface area (Å²) in [7, 11) is 0. The van der Waals surface area contributed by atoms with Gasteiger partial charge in [-0.15, -0.1) is 0 Å². The van der Waals surface area contributed by atoms with Gasteiger partial charge in [0.1, 0.15) is 5.76 Å². The van der Waals surface area contributed by atoms with Gasteiger partial charge in [0.15, 0.2) is 0 Å². The molecule has 2 aromatic rings. The fraction of sp³-hybridized carbons (Fsp3) is 0.267. The summed E-state index contributed by atoms with van der Waals surface area (Å²) in [6.45, 7) is 6.11. The van der Waals surface area contributed by atoms with Crippen molar-refractivity contribution < 1.29 is 9.21 Å². The van der Waals surface area contributed by atoms with Gasteiger partial charge in [-0.05, 0) is 43.2 Å². The zero-order valence-corrected chi connectivity index (χ0v) is 11.4. The molecule has 0 bridgehead atoms. The Hall–Kier alpha value is -2.23. The lowest BCUT2D eigenvalue weighted by Crippen LogP contribution is -2.08. The molecule has 100 valence electrons. The van der Waals surface area contributed by atoms with E-state index in [2.05, 4.69) is 10.6 Å². The summed E-state index contributed by atoms with van der Waals surface area (Å²) in [4.78, 5) is 11.1. The van der Waals surface area contributed by atoms with Crippen LogP contribution < -0.4 is 10.6 Å². The van der Waals surface area contributed by atoms with E-state index in [0.717, 1.165) is 28.3 Å². The summed E-state index contributed by atoms with van der Waals surface area (Å²) in [5.74, 6) is 0.851. The molecule has 4 heteroatoms. The van der Waals surface area contributed by atoms with Gasteiger partial charge >= 0.3 is 0 Å². The molecule has 1 aromatic heterocycles. The number of anilines is 2. The average molecular weight is 258 g/mol. The molecule has 2 rings (SSSR count). The van der Waals surface area contributed by atoms with Crippen LogP contribution in [-0.4, -0.2) is 5.91 Å². The quantitative estimate of drug-likeness (QED) is 0.883. The number of hydrogen-bond acceptors (Lipinski definition) is 3. The highest BCUT2D eigenvalue weighted by atomic mass is 16.3. The van der Waals surface area contributed by atoms with Gasteiger partial charge in [0, 0.05) is 18.3 Å². The van der Waals surface area contributed by atoms with Crippen LogP contribution in [0.5, 0.6) is 0 Å². The van der Waals surface area contributed by atoms with Gasteiger partial charge in [0.25, 0.3) is 0 Å². The normalized spacial score (nSPS) is 10.3. The smallest absolute Gasteiger partial charge is 0.221 e. The van der Waals surface area contributed by atoms with Gasteiger partial charge in [-0.3, -0.25) is 4.79 Å². The van der Waals surface area contributed by atoms with Crippen LogP contribution in [0.25, 0.3) is 0 Å². The largest absolute Gasteiger partial charge is 0.467 e. The zero-order chi connectivity index (χ0) is 13.8. The number of hydrogen-bond donors (Lipinski definition) is 2. The minimum absolute atomic E-state index is 0.0675. The SMILES string of the molecule is CC(=O)Nc1cc(NCc2occc2C)ccc1C. The molecule has 1 amide bonds. The number of amides is 1. The van der Waals surface area contributed by atoms with E-state index < -0.39 is 0 Å². The Morgan fingerprint density at radius 2 is 2.00 bits per heavy atom. The fourth-order valence-electron chi connectivity index (χ4n) is 1.82. The van der Waals surface area contributed by atoms with Gasteiger partial charge in [0.2, 0.25) is 5.91 Å². The number of rotatable bonds is 4. The minimum Gasteiger partial charge on any atom is -0.467 e. The Morgan fingerprint density at radius 3 is 2.63 bits per heavy atom. The Kier molecular flexibility index (Phi) is 3.90. The van der Waals surface area contributed by atoms with E-state index in [0.29, 0.717) is 6.54 Å². The maximum atomic E-state index is 11.1. The van der Waals surface area contributed by atoms with Crippen molar-refractivity contribution >= 4 is 17.3 Å². The van der Waals surface area contributed by atoms with Crippen LogP contribution in [0, 0.1) is 13.8 Å². The average Bonchev–Trinajstić information content (AvgIpc) is 2.75. The third-order valence-electron chi connectivity index (χ3n) is 2.97. The van der Waals surface area contributed by atoms with Crippen molar-refractivity contribution in [3.05, 3.63) is 47.4 Å². The van der Waals surface area contributed by atoms with Crippen molar-refractivity contribution in [2.75, 3.05) is 10.6 Å². The van der Waals surface area contributed by atoms with E-state index in [1.54, 1.807) is 6.26 Å². The summed E-state index contributed by atoms with van der Waals surface area (Å²) < 4.78 is 5.37. The summed E-state index contributed by atoms with van der Waals surface area (Å²) in [5.41, 5.74) is 3.94. The van der Waals surface area contributed by atoms with Crippen molar-refractivity contribution in [3.8, 4) is 0 Å². The highest BCUT2D eigenvalue weighted by molar-refractivity contribution is 5.90. The second kappa shape index (κ2) is 5.61. The minimum atomic E-state index is -0.0675. The Morgan fingerprint density at radius 1 is 1.21 bits per heavy atom. The number of carbonyl (C=O) groups excluding carboxylic acids is 1. The Labute approximate surface area is 112 Å². The van der Waals surface area contributed by atoms with Gasteiger partial charge in [-0.25, -0.2) is 0 Å². The van der Waals surface area contributed by atoms with Crippen LogP contribution in [0.15, 0.2) is 34.9 Å². The van der Waals surface area contributed by atoms with E-state index in [1.807, 2.05) is 38.1 Å². The van der Waals surface area contributed by atoms with Crippen molar-refractivity contribution in [2.24, 2.45) is 0 Å². The molecule has 0 saturated carbocycles. The van der Waals surface area contributed by atoms with Crippen LogP contribution in [0.3, 0.4) is 0 Å². The third-order valence-corrected chi connectivity index (χ3v) is 2.97. The van der Waals surface area contributed by atoms with Gasteiger partial charge < -0.3 is 15.1 Å². The van der Waals surface area contributed by atoms with E-state index in [9.17, 15) is 4.79 Å². The van der Waals surface area contributed by atoms with Gasteiger partial charge in [-0.1, -0.05) is 6.07 Å². The molecule has 0 saturated heterocycles. The summed E-state index contributed by atoms with van der Waals surface area (Å²) in [6, 6.07) is 7.82. The maximum absolute atomic E-state index is 11.1. The van der Waals surface area contributed by atoms with E-state index in [1.165, 1.54) is 6.92 Å². The molecule has 0 aliphatic heterocycles. The number of aryl methyl sites for hydroxylation is 2. The first-order chi connectivity index (χ1) is 9.06. The molecule has 19 heavy (non-hydrogen) atoms. The standard InChI is InChI=1S/C15H18N2O2/c1-10-4-5-13(8-14(10)17-12(3)18)16-9-15-11(2)6-7-19-15/h4-8,16H,9H2,1-3H3,(H,17,18). The number of nitrogens with one attached hydrogen (secondary N) is 2. The molecular formula is C15H18N2O2. The molecule has 0 atom stereocenters. The molecule has 1 heterocycles. The summed E-state index contributed by atoms with van der Waals surface area (Å²) in [5, 5.41) is 6.10. The van der Waals surface area contributed by atoms with Gasteiger partial charge in [0.05, 0.1) is 12.8 Å². The molecule has 0 aliphatic rings. The molecule has 0 aliphatic carbocycles. The van der Waals surface area contributed by atoms with Gasteiger partial charge in [-0.2, -0.15) is 0 Å². The first-order valence-electron chi connectivity index (χ1n) is 6.21. The number of furan rings is 1. The second-order valence-electron chi connectivity index (χ2n) is 4.59. The molecule has 1 aromatic carbocycles. The lowest BCUT2D eigenvalue weighted by molar-refractivity contribution is -0.114. The van der Waals surface area contributed by atoms with Crippen molar-refractivity contribution in [1.29, 1.82) is 0 Å². The highest BCUT2D eigenvalue weighted by Gasteiger charge is 2.04. The first kappa shape index (κ1) is 13.2. The molecular weight excluding hydrogens is 240 g/mol. The molecule has 4 nitrogen and oxygen atoms in total. The van der Waals surface area contributed by atoms with Crippen molar-refractivity contribution in [2.45, 2.75) is 27.3 Å². The van der Waals surface area contributed by atoms with Crippen LogP contribution in [0.1, 0.15) is 23.8 Å². The Bertz CT molecular complexity index is 588. The lowest BCUT2D eigenvalue weighted by Gasteiger charge is -2.10. The van der Waals surface area contributed by atoms with Crippen LogP contribution in [0.2, 0.25) is 0 Å². The van der Waals surface area contributed by atoms with E-state index >= 15 is 0 Å². The van der Waals surface area contributed by atoms with Crippen molar-refractivity contribution in [1.82, 2.24) is 0 Å². The topological polar surface area (TPSA) is 54.3 Å². The molecule has 0 radical (unpaired) electrons. The van der Waals surface area contributed by atoms with E-state index in [4.69, 9.17) is 4.42 Å². The fourth-order valence-corrected chi connectivity index (χ4v) is 1.82. The summed E-state index contributed by atoms with van der Waals surface area (Å²) >= 11 is 0. The Balaban J connectivity index is 2.08. The first-order valence-corrected chi connectivity index (χ1v) is 6.21. The molecule has 0 spiro atoms. The number of carbonyl (C=O) groups is 1. The third kappa shape index (κ3) is 3.37. The predicted molar refractivity (Wildman–Crippen MR) is 76.3 cm³/mol. The molecule has 0 unspecified atom stereocenters. The van der Waals surface area contributed by atoms with Crippen LogP contribution >= 0.6 is 0 Å². The van der Waals surface area contributed by atoms with Crippen LogP contribution in [0.4, 0.5) is 11.4 Å². The highest BCUT2D eigenvalue weighted by Crippen LogP contribution is 2.21. The van der Waals surface area contributed by atoms with Crippen molar-refractivity contribution in [3.63, 3.8) is 0 Å². The monoisotopic (exact) mass is 258 g/mol. The van der Waals surface area contributed by atoms with E-state index in [-0.39, 0.29) is 5.91 Å². The predicted octanol–water partition coefficient (Wildman–Crippen LogP) is 3.47. The molecule has 0 fully saturated rings. The second-order valence-corrected chi connectivity index (χ2v) is 4.59. The molecule has 2 N–H and O–H groups in total.